The van der Waals surface area contributed by atoms with Gasteiger partial charge in [0.25, 0.3) is 0 Å². The third-order valence-corrected chi connectivity index (χ3v) is 7.44. The summed E-state index contributed by atoms with van der Waals surface area (Å²) >= 11 is 9.43. The van der Waals surface area contributed by atoms with Gasteiger partial charge in [-0.2, -0.15) is 0 Å². The predicted molar refractivity (Wildman–Crippen MR) is 124 cm³/mol. The summed E-state index contributed by atoms with van der Waals surface area (Å²) in [5.41, 5.74) is 3.37. The Balaban J connectivity index is 1.83. The highest BCUT2D eigenvalue weighted by atomic mass is 35.5. The first-order valence-corrected chi connectivity index (χ1v) is 11.5. The van der Waals surface area contributed by atoms with E-state index in [0.29, 0.717) is 5.02 Å². The fourth-order valence-corrected chi connectivity index (χ4v) is 5.65. The van der Waals surface area contributed by atoms with Crippen molar-refractivity contribution in [3.63, 3.8) is 0 Å². The molecule has 3 aromatic heterocycles. The van der Waals surface area contributed by atoms with Crippen LogP contribution < -0.4 is 5.32 Å². The summed E-state index contributed by atoms with van der Waals surface area (Å²) < 4.78 is 2.12. The number of fused-ring (bicyclic) bond motifs is 3. The van der Waals surface area contributed by atoms with Crippen molar-refractivity contribution in [2.45, 2.75) is 33.4 Å². The topological polar surface area (TPSA) is 68.0 Å². The number of halogens is 1. The van der Waals surface area contributed by atoms with E-state index in [4.69, 9.17) is 16.6 Å². The minimum Gasteiger partial charge on any atom is -0.331 e. The predicted octanol–water partition coefficient (Wildman–Crippen LogP) is 5.50. The molecule has 1 atom stereocenters. The second kappa shape index (κ2) is 7.01. The number of thiazole rings is 1. The lowest BCUT2D eigenvalue weighted by molar-refractivity contribution is 0.527. The average molecular weight is 455 g/mol. The normalized spacial score (nSPS) is 17.8. The van der Waals surface area contributed by atoms with Gasteiger partial charge in [-0.25, -0.2) is 9.98 Å². The molecule has 0 bridgehead atoms. The molecular weight excluding hydrogens is 436 g/mol. The van der Waals surface area contributed by atoms with Gasteiger partial charge in [-0.1, -0.05) is 23.7 Å². The van der Waals surface area contributed by atoms with Crippen molar-refractivity contribution in [3.8, 4) is 5.00 Å². The lowest BCUT2D eigenvalue weighted by Gasteiger charge is -2.25. The van der Waals surface area contributed by atoms with Crippen LogP contribution in [0.3, 0.4) is 0 Å². The molecule has 5 rings (SSSR count). The fraction of sp³-hybridized carbons (Fsp3) is 0.238. The van der Waals surface area contributed by atoms with Gasteiger partial charge in [0, 0.05) is 32.6 Å². The SMILES string of the molecule is Cc1sc2c(c1C)C(c1ccc(Cl)cc1)=NC(C)(Nc1nccs1)c1nnc(C)n1-2. The molecule has 1 aromatic carbocycles. The van der Waals surface area contributed by atoms with E-state index in [0.717, 1.165) is 38.6 Å². The third kappa shape index (κ3) is 2.98. The standard InChI is InChI=1S/C21H19ClN6S2/c1-11-12(2)30-18-16(11)17(14-5-7-15(22)8-6-14)24-21(4,25-20-23-9-10-29-20)19-27-26-13(3)28(18)19/h5-10H,1-4H3,(H,23,25). The molecule has 0 aliphatic carbocycles. The van der Waals surface area contributed by atoms with E-state index < -0.39 is 5.66 Å². The molecule has 6 nitrogen and oxygen atoms in total. The first-order valence-electron chi connectivity index (χ1n) is 9.44. The van der Waals surface area contributed by atoms with Crippen molar-refractivity contribution in [1.82, 2.24) is 19.7 Å². The quantitative estimate of drug-likeness (QED) is 0.443. The minimum absolute atomic E-state index is 0.697. The molecule has 9 heteroatoms. The molecule has 4 heterocycles. The Labute approximate surface area is 187 Å². The van der Waals surface area contributed by atoms with E-state index in [1.165, 1.54) is 21.8 Å². The zero-order chi connectivity index (χ0) is 21.0. The molecule has 4 aromatic rings. The number of aromatic nitrogens is 4. The maximum absolute atomic E-state index is 6.17. The van der Waals surface area contributed by atoms with Crippen LogP contribution in [-0.4, -0.2) is 25.5 Å². The van der Waals surface area contributed by atoms with Crippen molar-refractivity contribution in [1.29, 1.82) is 0 Å². The summed E-state index contributed by atoms with van der Waals surface area (Å²) in [6, 6.07) is 7.83. The number of nitrogens with zero attached hydrogens (tertiary/aromatic N) is 5. The van der Waals surface area contributed by atoms with Crippen LogP contribution in [0, 0.1) is 20.8 Å². The fourth-order valence-electron chi connectivity index (χ4n) is 3.69. The van der Waals surface area contributed by atoms with Crippen molar-refractivity contribution in [3.05, 3.63) is 74.1 Å². The van der Waals surface area contributed by atoms with Crippen molar-refractivity contribution in [2.75, 3.05) is 5.32 Å². The number of thiophene rings is 1. The largest absolute Gasteiger partial charge is 0.331 e. The Hall–Kier alpha value is -2.55. The van der Waals surface area contributed by atoms with Crippen LogP contribution in [0.15, 0.2) is 40.8 Å². The summed E-state index contributed by atoms with van der Waals surface area (Å²) in [7, 11) is 0. The molecule has 0 saturated heterocycles. The highest BCUT2D eigenvalue weighted by Crippen LogP contribution is 2.41. The van der Waals surface area contributed by atoms with Gasteiger partial charge < -0.3 is 5.32 Å². The summed E-state index contributed by atoms with van der Waals surface area (Å²) in [5.74, 6) is 1.56. The number of benzene rings is 1. The maximum atomic E-state index is 6.17. The van der Waals surface area contributed by atoms with Gasteiger partial charge in [-0.05, 0) is 45.4 Å². The monoisotopic (exact) mass is 454 g/mol. The molecule has 30 heavy (non-hydrogen) atoms. The van der Waals surface area contributed by atoms with Crippen LogP contribution in [0.5, 0.6) is 0 Å². The summed E-state index contributed by atoms with van der Waals surface area (Å²) in [6.07, 6.45) is 1.77. The van der Waals surface area contributed by atoms with Gasteiger partial charge in [0.2, 0.25) is 0 Å². The van der Waals surface area contributed by atoms with Gasteiger partial charge in [0.15, 0.2) is 16.6 Å². The van der Waals surface area contributed by atoms with E-state index in [2.05, 4.69) is 38.9 Å². The van der Waals surface area contributed by atoms with Crippen molar-refractivity contribution < 1.29 is 0 Å². The average Bonchev–Trinajstić information content (AvgIpc) is 3.40. The molecular formula is C21H19ClN6S2. The highest BCUT2D eigenvalue weighted by Gasteiger charge is 2.39. The number of rotatable bonds is 3. The molecule has 1 unspecified atom stereocenters. The van der Waals surface area contributed by atoms with Gasteiger partial charge in [0.05, 0.1) is 5.71 Å². The zero-order valence-corrected chi connectivity index (χ0v) is 19.3. The van der Waals surface area contributed by atoms with E-state index in [9.17, 15) is 0 Å². The van der Waals surface area contributed by atoms with Crippen LogP contribution in [0.25, 0.3) is 5.00 Å². The number of anilines is 1. The summed E-state index contributed by atoms with van der Waals surface area (Å²) in [6.45, 7) is 8.28. The van der Waals surface area contributed by atoms with Crippen LogP contribution >= 0.6 is 34.3 Å². The first-order chi connectivity index (χ1) is 14.4. The molecule has 0 saturated carbocycles. The maximum Gasteiger partial charge on any atom is 0.190 e. The number of nitrogens with one attached hydrogen (secondary N) is 1. The third-order valence-electron chi connectivity index (χ3n) is 5.30. The molecule has 0 spiro atoms. The van der Waals surface area contributed by atoms with Gasteiger partial charge in [-0.3, -0.25) is 4.57 Å². The Kier molecular flexibility index (Phi) is 4.53. The van der Waals surface area contributed by atoms with E-state index in [-0.39, 0.29) is 0 Å². The molecule has 152 valence electrons. The lowest BCUT2D eigenvalue weighted by atomic mass is 9.99. The Morgan fingerprint density at radius 1 is 1.10 bits per heavy atom. The van der Waals surface area contributed by atoms with Crippen LogP contribution in [-0.2, 0) is 5.66 Å². The van der Waals surface area contributed by atoms with Crippen LogP contribution in [0.1, 0.15) is 40.1 Å². The highest BCUT2D eigenvalue weighted by molar-refractivity contribution is 7.15. The summed E-state index contributed by atoms with van der Waals surface area (Å²) in [5, 5.41) is 16.9. The van der Waals surface area contributed by atoms with E-state index in [1.807, 2.05) is 43.5 Å². The second-order valence-corrected chi connectivity index (χ2v) is 9.91. The molecule has 1 aliphatic rings. The number of aryl methyl sites for hydroxylation is 2. The van der Waals surface area contributed by atoms with Gasteiger partial charge in [0.1, 0.15) is 10.8 Å². The molecule has 0 fully saturated rings. The van der Waals surface area contributed by atoms with Crippen molar-refractivity contribution in [2.24, 2.45) is 4.99 Å². The molecule has 0 radical (unpaired) electrons. The zero-order valence-electron chi connectivity index (χ0n) is 16.9. The molecule has 1 aliphatic heterocycles. The van der Waals surface area contributed by atoms with Crippen LogP contribution in [0.4, 0.5) is 5.13 Å². The number of hydrogen-bond acceptors (Lipinski definition) is 7. The minimum atomic E-state index is -0.854. The Bertz CT molecular complexity index is 1270. The first kappa shape index (κ1) is 19.4. The van der Waals surface area contributed by atoms with E-state index >= 15 is 0 Å². The van der Waals surface area contributed by atoms with E-state index in [1.54, 1.807) is 17.5 Å². The number of aliphatic imine (C=N–C) groups is 1. The van der Waals surface area contributed by atoms with Gasteiger partial charge in [-0.15, -0.1) is 32.9 Å². The smallest absolute Gasteiger partial charge is 0.190 e. The van der Waals surface area contributed by atoms with Crippen LogP contribution in [0.2, 0.25) is 5.02 Å². The Morgan fingerprint density at radius 2 is 1.87 bits per heavy atom. The lowest BCUT2D eigenvalue weighted by Crippen LogP contribution is -2.33. The molecule has 1 N–H and O–H groups in total. The Morgan fingerprint density at radius 3 is 2.57 bits per heavy atom. The van der Waals surface area contributed by atoms with Gasteiger partial charge >= 0.3 is 0 Å². The second-order valence-electron chi connectivity index (χ2n) is 7.37. The molecule has 0 amide bonds. The number of hydrogen-bond donors (Lipinski definition) is 1. The summed E-state index contributed by atoms with van der Waals surface area (Å²) in [4.78, 5) is 10.9. The van der Waals surface area contributed by atoms with Crippen molar-refractivity contribution >= 4 is 45.1 Å².